The Morgan fingerprint density at radius 2 is 2.12 bits per heavy atom. The highest BCUT2D eigenvalue weighted by Crippen LogP contribution is 2.37. The van der Waals surface area contributed by atoms with Crippen LogP contribution in [0.25, 0.3) is 16.8 Å². The number of ether oxygens (including phenoxy) is 1. The number of aliphatic hydroxyl groups is 1. The highest BCUT2D eigenvalue weighted by atomic mass is 16.5. The third kappa shape index (κ3) is 2.67. The fraction of sp³-hybridized carbons (Fsp3) is 0.444. The summed E-state index contributed by atoms with van der Waals surface area (Å²) in [6.07, 6.45) is 7.69. The van der Waals surface area contributed by atoms with Crippen LogP contribution in [0, 0.1) is 5.92 Å². The van der Waals surface area contributed by atoms with Crippen LogP contribution in [-0.2, 0) is 0 Å². The molecule has 6 nitrogen and oxygen atoms in total. The summed E-state index contributed by atoms with van der Waals surface area (Å²) in [4.78, 5) is 4.68. The van der Waals surface area contributed by atoms with Gasteiger partial charge in [0, 0.05) is 37.1 Å². The third-order valence-corrected chi connectivity index (χ3v) is 4.91. The fourth-order valence-electron chi connectivity index (χ4n) is 3.48. The van der Waals surface area contributed by atoms with Crippen molar-refractivity contribution in [2.75, 3.05) is 13.7 Å². The average molecular weight is 327 g/mol. The highest BCUT2D eigenvalue weighted by molar-refractivity contribution is 5.79. The van der Waals surface area contributed by atoms with Crippen LogP contribution in [0.1, 0.15) is 37.5 Å². The van der Waals surface area contributed by atoms with Crippen molar-refractivity contribution in [3.63, 3.8) is 0 Å². The van der Waals surface area contributed by atoms with Crippen molar-refractivity contribution in [1.82, 2.24) is 14.8 Å². The van der Waals surface area contributed by atoms with E-state index in [0.29, 0.717) is 11.8 Å². The first-order valence-electron chi connectivity index (χ1n) is 8.38. The van der Waals surface area contributed by atoms with Crippen LogP contribution in [0.5, 0.6) is 5.75 Å². The number of methoxy groups -OCH3 is 1. The van der Waals surface area contributed by atoms with Crippen molar-refractivity contribution >= 4 is 11.1 Å². The smallest absolute Gasteiger partial charge is 0.198 e. The summed E-state index contributed by atoms with van der Waals surface area (Å²) < 4.78 is 13.3. The van der Waals surface area contributed by atoms with Crippen LogP contribution in [-0.4, -0.2) is 33.6 Å². The Morgan fingerprint density at radius 1 is 1.29 bits per heavy atom. The molecule has 0 amide bonds. The zero-order chi connectivity index (χ0) is 16.5. The first-order chi connectivity index (χ1) is 11.8. The van der Waals surface area contributed by atoms with Gasteiger partial charge in [-0.25, -0.2) is 9.67 Å². The Hall–Kier alpha value is -2.34. The van der Waals surface area contributed by atoms with Gasteiger partial charge in [-0.05, 0) is 37.7 Å². The molecule has 0 radical (unpaired) electrons. The molecule has 4 rings (SSSR count). The molecular weight excluding hydrogens is 306 g/mol. The minimum absolute atomic E-state index is 0.282. The zero-order valence-electron chi connectivity index (χ0n) is 13.7. The van der Waals surface area contributed by atoms with Crippen molar-refractivity contribution in [1.29, 1.82) is 0 Å². The zero-order valence-corrected chi connectivity index (χ0v) is 13.7. The van der Waals surface area contributed by atoms with Gasteiger partial charge in [0.1, 0.15) is 17.0 Å². The van der Waals surface area contributed by atoms with Gasteiger partial charge in [-0.3, -0.25) is 0 Å². The minimum Gasteiger partial charge on any atom is -0.494 e. The number of hydrogen-bond donors (Lipinski definition) is 1. The second kappa shape index (κ2) is 6.28. The molecule has 1 saturated carbocycles. The quantitative estimate of drug-likeness (QED) is 0.796. The average Bonchev–Trinajstić information content (AvgIpc) is 3.29. The SMILES string of the molecule is COc1cc2nc(C3CCC(CO)CC3)oc2cc1-n1cccn1. The summed E-state index contributed by atoms with van der Waals surface area (Å²) in [7, 11) is 1.64. The Kier molecular flexibility index (Phi) is 3.98. The van der Waals surface area contributed by atoms with Gasteiger partial charge < -0.3 is 14.3 Å². The van der Waals surface area contributed by atoms with Crippen molar-refractivity contribution in [3.8, 4) is 11.4 Å². The summed E-state index contributed by atoms with van der Waals surface area (Å²) in [5, 5.41) is 13.5. The normalized spacial score (nSPS) is 21.2. The topological polar surface area (TPSA) is 73.3 Å². The maximum Gasteiger partial charge on any atom is 0.198 e. The van der Waals surface area contributed by atoms with E-state index < -0.39 is 0 Å². The molecular formula is C18H21N3O3. The van der Waals surface area contributed by atoms with Gasteiger partial charge in [0.2, 0.25) is 0 Å². The van der Waals surface area contributed by atoms with Crippen LogP contribution in [0.4, 0.5) is 0 Å². The standard InChI is InChI=1S/C18H21N3O3/c1-23-17-9-14-16(10-15(17)21-8-2-7-19-21)24-18(20-14)13-5-3-12(11-22)4-6-13/h2,7-10,12-13,22H,3-6,11H2,1H3. The monoisotopic (exact) mass is 327 g/mol. The van der Waals surface area contributed by atoms with Crippen molar-refractivity contribution in [2.24, 2.45) is 5.92 Å². The lowest BCUT2D eigenvalue weighted by atomic mass is 9.82. The Bertz CT molecular complexity index is 818. The van der Waals surface area contributed by atoms with Gasteiger partial charge in [0.15, 0.2) is 11.5 Å². The van der Waals surface area contributed by atoms with Gasteiger partial charge in [-0.15, -0.1) is 0 Å². The van der Waals surface area contributed by atoms with E-state index in [1.54, 1.807) is 18.0 Å². The van der Waals surface area contributed by atoms with Crippen molar-refractivity contribution in [3.05, 3.63) is 36.5 Å². The molecule has 0 bridgehead atoms. The van der Waals surface area contributed by atoms with E-state index in [-0.39, 0.29) is 6.61 Å². The Morgan fingerprint density at radius 3 is 2.79 bits per heavy atom. The molecule has 2 aromatic heterocycles. The van der Waals surface area contributed by atoms with Gasteiger partial charge in [-0.2, -0.15) is 5.10 Å². The summed E-state index contributed by atoms with van der Waals surface area (Å²) in [5.41, 5.74) is 2.39. The second-order valence-corrected chi connectivity index (χ2v) is 6.39. The summed E-state index contributed by atoms with van der Waals surface area (Å²) in [5.74, 6) is 2.27. The summed E-state index contributed by atoms with van der Waals surface area (Å²) >= 11 is 0. The fourth-order valence-corrected chi connectivity index (χ4v) is 3.48. The molecule has 1 N–H and O–H groups in total. The molecule has 0 saturated heterocycles. The van der Waals surface area contributed by atoms with E-state index >= 15 is 0 Å². The lowest BCUT2D eigenvalue weighted by Gasteiger charge is -2.24. The van der Waals surface area contributed by atoms with Gasteiger partial charge in [-0.1, -0.05) is 0 Å². The maximum absolute atomic E-state index is 9.28. The lowest BCUT2D eigenvalue weighted by Crippen LogP contribution is -2.16. The Labute approximate surface area is 140 Å². The lowest BCUT2D eigenvalue weighted by molar-refractivity contribution is 0.177. The second-order valence-electron chi connectivity index (χ2n) is 6.39. The van der Waals surface area contributed by atoms with Crippen LogP contribution >= 0.6 is 0 Å². The van der Waals surface area contributed by atoms with Crippen LogP contribution in [0.3, 0.4) is 0 Å². The van der Waals surface area contributed by atoms with Crippen LogP contribution in [0.2, 0.25) is 0 Å². The molecule has 1 aliphatic rings. The molecule has 0 atom stereocenters. The van der Waals surface area contributed by atoms with E-state index in [1.807, 2.05) is 24.4 Å². The van der Waals surface area contributed by atoms with E-state index in [0.717, 1.165) is 54.1 Å². The Balaban J connectivity index is 1.68. The molecule has 1 aromatic carbocycles. The predicted molar refractivity (Wildman–Crippen MR) is 89.5 cm³/mol. The summed E-state index contributed by atoms with van der Waals surface area (Å²) in [6.45, 7) is 0.282. The van der Waals surface area contributed by atoms with E-state index in [4.69, 9.17) is 9.15 Å². The molecule has 3 aromatic rings. The molecule has 0 aliphatic heterocycles. The number of hydrogen-bond acceptors (Lipinski definition) is 5. The summed E-state index contributed by atoms with van der Waals surface area (Å²) in [6, 6.07) is 5.70. The highest BCUT2D eigenvalue weighted by Gasteiger charge is 2.26. The van der Waals surface area contributed by atoms with Gasteiger partial charge in [0.05, 0.1) is 7.11 Å². The van der Waals surface area contributed by atoms with Crippen LogP contribution < -0.4 is 4.74 Å². The van der Waals surface area contributed by atoms with Gasteiger partial charge in [0.25, 0.3) is 0 Å². The molecule has 24 heavy (non-hydrogen) atoms. The number of aromatic nitrogens is 3. The number of oxazole rings is 1. The van der Waals surface area contributed by atoms with Crippen molar-refractivity contribution in [2.45, 2.75) is 31.6 Å². The molecule has 2 heterocycles. The number of rotatable bonds is 4. The first-order valence-corrected chi connectivity index (χ1v) is 8.38. The molecule has 126 valence electrons. The number of fused-ring (bicyclic) bond motifs is 1. The largest absolute Gasteiger partial charge is 0.494 e. The maximum atomic E-state index is 9.28. The number of nitrogens with zero attached hydrogens (tertiary/aromatic N) is 3. The van der Waals surface area contributed by atoms with E-state index in [9.17, 15) is 5.11 Å². The van der Waals surface area contributed by atoms with Crippen molar-refractivity contribution < 1.29 is 14.3 Å². The molecule has 1 aliphatic carbocycles. The first kappa shape index (κ1) is 15.2. The van der Waals surface area contributed by atoms with Crippen LogP contribution in [0.15, 0.2) is 35.0 Å². The third-order valence-electron chi connectivity index (χ3n) is 4.91. The van der Waals surface area contributed by atoms with Gasteiger partial charge >= 0.3 is 0 Å². The predicted octanol–water partition coefficient (Wildman–Crippen LogP) is 3.29. The molecule has 1 fully saturated rings. The molecule has 6 heteroatoms. The number of aliphatic hydroxyl groups excluding tert-OH is 1. The molecule has 0 unspecified atom stereocenters. The number of benzene rings is 1. The van der Waals surface area contributed by atoms with E-state index in [2.05, 4.69) is 10.1 Å². The van der Waals surface area contributed by atoms with E-state index in [1.165, 1.54) is 0 Å². The molecule has 0 spiro atoms. The minimum atomic E-state index is 0.282.